The molecule has 8 heteroatoms. The van der Waals surface area contributed by atoms with Crippen LogP contribution in [0.1, 0.15) is 39.5 Å². The molecule has 2 aromatic rings. The van der Waals surface area contributed by atoms with Crippen LogP contribution in [0.4, 0.5) is 5.00 Å². The lowest BCUT2D eigenvalue weighted by molar-refractivity contribution is 0.0934. The second-order valence-corrected chi connectivity index (χ2v) is 8.60. The number of anilines is 1. The van der Waals surface area contributed by atoms with E-state index in [4.69, 9.17) is 11.6 Å². The van der Waals surface area contributed by atoms with Gasteiger partial charge in [-0.15, -0.1) is 11.3 Å². The SMILES string of the molecule is CCN1CCc2c(sc3c2C(=O)N[C@H](c2cc(Cl)cc(Br)c2O)N3)C1. The highest BCUT2D eigenvalue weighted by Crippen LogP contribution is 2.43. The summed E-state index contributed by atoms with van der Waals surface area (Å²) in [7, 11) is 0. The number of aromatic hydroxyl groups is 1. The molecular weight excluding hydrogens is 426 g/mol. The van der Waals surface area contributed by atoms with Gasteiger partial charge in [0.2, 0.25) is 0 Å². The van der Waals surface area contributed by atoms with Crippen LogP contribution in [0.5, 0.6) is 5.75 Å². The first-order valence-electron chi connectivity index (χ1n) is 8.10. The Morgan fingerprint density at radius 1 is 1.44 bits per heavy atom. The first kappa shape index (κ1) is 17.1. The average Bonchev–Trinajstić information content (AvgIpc) is 2.95. The normalized spacial score (nSPS) is 19.8. The van der Waals surface area contributed by atoms with Crippen molar-refractivity contribution in [2.45, 2.75) is 26.1 Å². The fourth-order valence-electron chi connectivity index (χ4n) is 3.40. The van der Waals surface area contributed by atoms with Crippen molar-refractivity contribution >= 4 is 49.8 Å². The number of halogens is 2. The van der Waals surface area contributed by atoms with E-state index in [1.807, 2.05) is 0 Å². The van der Waals surface area contributed by atoms with Crippen LogP contribution in [0.25, 0.3) is 0 Å². The third-order valence-electron chi connectivity index (χ3n) is 4.73. The molecule has 132 valence electrons. The minimum atomic E-state index is -0.516. The zero-order valence-corrected chi connectivity index (χ0v) is 16.7. The topological polar surface area (TPSA) is 64.6 Å². The smallest absolute Gasteiger partial charge is 0.256 e. The van der Waals surface area contributed by atoms with E-state index in [0.717, 1.165) is 42.2 Å². The number of thiophene rings is 1. The molecule has 0 fully saturated rings. The van der Waals surface area contributed by atoms with Gasteiger partial charge < -0.3 is 15.7 Å². The summed E-state index contributed by atoms with van der Waals surface area (Å²) in [5.41, 5.74) is 2.46. The van der Waals surface area contributed by atoms with Crippen LogP contribution in [0, 0.1) is 0 Å². The predicted molar refractivity (Wildman–Crippen MR) is 104 cm³/mol. The first-order chi connectivity index (χ1) is 12.0. The zero-order chi connectivity index (χ0) is 17.7. The maximum atomic E-state index is 12.8. The molecule has 0 bridgehead atoms. The van der Waals surface area contributed by atoms with Crippen molar-refractivity contribution in [2.24, 2.45) is 0 Å². The second kappa shape index (κ2) is 6.46. The Balaban J connectivity index is 1.71. The number of carbonyl (C=O) groups excluding carboxylic acids is 1. The fourth-order valence-corrected chi connectivity index (χ4v) is 5.55. The number of carbonyl (C=O) groups is 1. The van der Waals surface area contributed by atoms with Crippen LogP contribution in [0.3, 0.4) is 0 Å². The van der Waals surface area contributed by atoms with Gasteiger partial charge in [0, 0.05) is 28.6 Å². The molecule has 1 aromatic heterocycles. The Morgan fingerprint density at radius 2 is 2.24 bits per heavy atom. The number of fused-ring (bicyclic) bond motifs is 3. The van der Waals surface area contributed by atoms with Crippen LogP contribution in [-0.4, -0.2) is 29.0 Å². The minimum absolute atomic E-state index is 0.0733. The Kier molecular flexibility index (Phi) is 4.43. The number of nitrogens with zero attached hydrogens (tertiary/aromatic N) is 1. The number of phenolic OH excluding ortho intramolecular Hbond substituents is 1. The van der Waals surface area contributed by atoms with Gasteiger partial charge in [-0.2, -0.15) is 0 Å². The highest BCUT2D eigenvalue weighted by Gasteiger charge is 2.34. The molecule has 0 radical (unpaired) electrons. The lowest BCUT2D eigenvalue weighted by Crippen LogP contribution is -2.39. The lowest BCUT2D eigenvalue weighted by Gasteiger charge is -2.28. The van der Waals surface area contributed by atoms with E-state index in [2.05, 4.69) is 38.4 Å². The summed E-state index contributed by atoms with van der Waals surface area (Å²) >= 11 is 11.0. The van der Waals surface area contributed by atoms with Gasteiger partial charge in [0.15, 0.2) is 0 Å². The maximum Gasteiger partial charge on any atom is 0.256 e. The van der Waals surface area contributed by atoms with E-state index in [1.54, 1.807) is 23.5 Å². The van der Waals surface area contributed by atoms with Crippen molar-refractivity contribution in [2.75, 3.05) is 18.4 Å². The largest absolute Gasteiger partial charge is 0.506 e. The third kappa shape index (κ3) is 2.93. The molecule has 0 saturated carbocycles. The van der Waals surface area contributed by atoms with Crippen LogP contribution in [0.15, 0.2) is 16.6 Å². The lowest BCUT2D eigenvalue weighted by atomic mass is 10.00. The molecule has 25 heavy (non-hydrogen) atoms. The molecule has 3 N–H and O–H groups in total. The summed E-state index contributed by atoms with van der Waals surface area (Å²) in [5, 5.41) is 18.0. The van der Waals surface area contributed by atoms with Crippen molar-refractivity contribution in [1.82, 2.24) is 10.2 Å². The van der Waals surface area contributed by atoms with Crippen LogP contribution in [0.2, 0.25) is 5.02 Å². The maximum absolute atomic E-state index is 12.8. The zero-order valence-electron chi connectivity index (χ0n) is 13.5. The van der Waals surface area contributed by atoms with Crippen molar-refractivity contribution < 1.29 is 9.90 Å². The van der Waals surface area contributed by atoms with E-state index < -0.39 is 6.17 Å². The van der Waals surface area contributed by atoms with Crippen molar-refractivity contribution in [3.05, 3.63) is 43.2 Å². The summed E-state index contributed by atoms with van der Waals surface area (Å²) in [6.45, 7) is 5.02. The van der Waals surface area contributed by atoms with E-state index in [0.29, 0.717) is 15.1 Å². The highest BCUT2D eigenvalue weighted by molar-refractivity contribution is 9.10. The van der Waals surface area contributed by atoms with Crippen molar-refractivity contribution in [1.29, 1.82) is 0 Å². The highest BCUT2D eigenvalue weighted by atomic mass is 79.9. The number of benzene rings is 1. The Hall–Kier alpha value is -1.28. The average molecular weight is 443 g/mol. The number of hydrogen-bond acceptors (Lipinski definition) is 5. The molecule has 2 aliphatic rings. The molecule has 4 rings (SSSR count). The molecule has 1 amide bonds. The summed E-state index contributed by atoms with van der Waals surface area (Å²) in [6.07, 6.45) is 0.375. The summed E-state index contributed by atoms with van der Waals surface area (Å²) < 4.78 is 0.501. The monoisotopic (exact) mass is 441 g/mol. The minimum Gasteiger partial charge on any atom is -0.506 e. The number of nitrogens with one attached hydrogen (secondary N) is 2. The molecule has 0 saturated heterocycles. The molecule has 0 spiro atoms. The Morgan fingerprint density at radius 3 is 3.00 bits per heavy atom. The van der Waals surface area contributed by atoms with E-state index in [9.17, 15) is 9.90 Å². The van der Waals surface area contributed by atoms with Crippen LogP contribution < -0.4 is 10.6 Å². The van der Waals surface area contributed by atoms with Crippen molar-refractivity contribution in [3.63, 3.8) is 0 Å². The molecule has 2 aliphatic heterocycles. The van der Waals surface area contributed by atoms with Crippen LogP contribution >= 0.6 is 38.9 Å². The quantitative estimate of drug-likeness (QED) is 0.655. The molecule has 5 nitrogen and oxygen atoms in total. The number of likely N-dealkylation sites (N-methyl/N-ethyl adjacent to an activating group) is 1. The van der Waals surface area contributed by atoms with Gasteiger partial charge in [0.1, 0.15) is 16.9 Å². The number of hydrogen-bond donors (Lipinski definition) is 3. The predicted octanol–water partition coefficient (Wildman–Crippen LogP) is 4.10. The summed E-state index contributed by atoms with van der Waals surface area (Å²) in [5.74, 6) is -0.0270. The van der Waals surface area contributed by atoms with Gasteiger partial charge in [0.25, 0.3) is 5.91 Å². The fraction of sp³-hybridized carbons (Fsp3) is 0.353. The van der Waals surface area contributed by atoms with Gasteiger partial charge in [-0.05, 0) is 46.6 Å². The number of rotatable bonds is 2. The Labute approximate surface area is 163 Å². The van der Waals surface area contributed by atoms with Gasteiger partial charge in [0.05, 0.1) is 10.0 Å². The van der Waals surface area contributed by atoms with Gasteiger partial charge in [-0.3, -0.25) is 9.69 Å². The molecule has 0 aliphatic carbocycles. The van der Waals surface area contributed by atoms with E-state index >= 15 is 0 Å². The van der Waals surface area contributed by atoms with Gasteiger partial charge >= 0.3 is 0 Å². The first-order valence-corrected chi connectivity index (χ1v) is 10.1. The molecular formula is C17H17BrClN3O2S. The van der Waals surface area contributed by atoms with Crippen LogP contribution in [-0.2, 0) is 13.0 Å². The van der Waals surface area contributed by atoms with Gasteiger partial charge in [-0.25, -0.2) is 0 Å². The standard InChI is InChI=1S/C17H17BrClN3O2S/c1-2-22-4-3-9-12(7-22)25-17-13(9)16(24)20-15(21-17)10-5-8(19)6-11(18)14(10)23/h5-6,15,21,23H,2-4,7H2,1H3,(H,20,24)/t15-/m0/s1. The third-order valence-corrected chi connectivity index (χ3v) is 6.70. The summed E-state index contributed by atoms with van der Waals surface area (Å²) in [4.78, 5) is 16.4. The molecule has 3 heterocycles. The Bertz CT molecular complexity index is 870. The molecule has 0 unspecified atom stereocenters. The molecule has 1 atom stereocenters. The number of amides is 1. The van der Waals surface area contributed by atoms with Gasteiger partial charge in [-0.1, -0.05) is 18.5 Å². The van der Waals surface area contributed by atoms with E-state index in [-0.39, 0.29) is 11.7 Å². The second-order valence-electron chi connectivity index (χ2n) is 6.20. The summed E-state index contributed by atoms with van der Waals surface area (Å²) in [6, 6.07) is 3.29. The number of phenols is 1. The van der Waals surface area contributed by atoms with E-state index in [1.165, 1.54) is 4.88 Å². The molecule has 1 aromatic carbocycles. The van der Waals surface area contributed by atoms with Crippen molar-refractivity contribution in [3.8, 4) is 5.75 Å².